The van der Waals surface area contributed by atoms with E-state index in [9.17, 15) is 0 Å². The van der Waals surface area contributed by atoms with Gasteiger partial charge in [0, 0.05) is 0 Å². The maximum atomic E-state index is 8.95. The summed E-state index contributed by atoms with van der Waals surface area (Å²) in [5, 5.41) is 26.8. The van der Waals surface area contributed by atoms with Crippen LogP contribution >= 0.6 is 11.6 Å². The van der Waals surface area contributed by atoms with Crippen molar-refractivity contribution in [3.63, 3.8) is 0 Å². The molecule has 4 nitrogen and oxygen atoms in total. The van der Waals surface area contributed by atoms with E-state index in [0.29, 0.717) is 0 Å². The molecule has 3 N–H and O–H groups in total. The third kappa shape index (κ3) is 1.41. The quantitative estimate of drug-likeness (QED) is 0.392. The Morgan fingerprint density at radius 2 is 1.80 bits per heavy atom. The molecule has 1 rings (SSSR count). The van der Waals surface area contributed by atoms with Gasteiger partial charge in [0.15, 0.2) is 5.56 Å². The minimum Gasteiger partial charge on any atom is -0.388 e. The third-order valence-corrected chi connectivity index (χ3v) is 1.82. The van der Waals surface area contributed by atoms with Gasteiger partial charge < -0.3 is 20.1 Å². The van der Waals surface area contributed by atoms with E-state index < -0.39 is 23.9 Å². The number of aliphatic hydroxyl groups is 3. The first-order valence-corrected chi connectivity index (χ1v) is 3.36. The molecule has 0 spiro atoms. The molecule has 1 aliphatic rings. The molecule has 10 heavy (non-hydrogen) atoms. The van der Waals surface area contributed by atoms with E-state index in [1.54, 1.807) is 0 Å². The van der Waals surface area contributed by atoms with Crippen LogP contribution < -0.4 is 0 Å². The molecular formula is C5H9ClO4. The molecule has 0 aromatic carbocycles. The van der Waals surface area contributed by atoms with Crippen LogP contribution in [0.3, 0.4) is 0 Å². The van der Waals surface area contributed by atoms with Crippen molar-refractivity contribution < 1.29 is 20.1 Å². The van der Waals surface area contributed by atoms with Crippen LogP contribution in [0.1, 0.15) is 0 Å². The van der Waals surface area contributed by atoms with E-state index >= 15 is 0 Å². The highest BCUT2D eigenvalue weighted by atomic mass is 35.5. The fourth-order valence-corrected chi connectivity index (χ4v) is 0.992. The third-order valence-electron chi connectivity index (χ3n) is 1.44. The summed E-state index contributed by atoms with van der Waals surface area (Å²) in [6.07, 6.45) is -3.44. The number of ether oxygens (including phenoxy) is 1. The fourth-order valence-electron chi connectivity index (χ4n) is 0.770. The molecule has 4 atom stereocenters. The second-order valence-corrected chi connectivity index (χ2v) is 2.66. The Labute approximate surface area is 63.0 Å². The molecule has 0 aromatic rings. The molecule has 1 aliphatic heterocycles. The van der Waals surface area contributed by atoms with Gasteiger partial charge in [0.25, 0.3) is 0 Å². The molecule has 0 aromatic heterocycles. The monoisotopic (exact) mass is 168 g/mol. The van der Waals surface area contributed by atoms with E-state index in [4.69, 9.17) is 26.9 Å². The second kappa shape index (κ2) is 3.02. The summed E-state index contributed by atoms with van der Waals surface area (Å²) in [6.45, 7) is -0.0353. The van der Waals surface area contributed by atoms with Crippen molar-refractivity contribution in [3.8, 4) is 0 Å². The van der Waals surface area contributed by atoms with Crippen molar-refractivity contribution in [1.29, 1.82) is 0 Å². The Morgan fingerprint density at radius 1 is 1.20 bits per heavy atom. The standard InChI is InChI=1S/C5H9ClO4/c6-5-4(9)3(8)2(7)1-10-5/h2-5,7-9H,1H2/t2-,3+,4+,5?/m1/s1. The van der Waals surface area contributed by atoms with Crippen LogP contribution in [-0.2, 0) is 4.74 Å². The second-order valence-electron chi connectivity index (χ2n) is 2.23. The molecule has 1 heterocycles. The normalized spacial score (nSPS) is 49.2. The minimum absolute atomic E-state index is 0.0353. The lowest BCUT2D eigenvalue weighted by molar-refractivity contribution is -0.163. The lowest BCUT2D eigenvalue weighted by atomic mass is 10.1. The molecular weight excluding hydrogens is 160 g/mol. The summed E-state index contributed by atoms with van der Waals surface area (Å²) in [5.41, 5.74) is -0.918. The van der Waals surface area contributed by atoms with Gasteiger partial charge in [0.2, 0.25) is 0 Å². The van der Waals surface area contributed by atoms with Gasteiger partial charge in [-0.1, -0.05) is 11.6 Å². The summed E-state index contributed by atoms with van der Waals surface area (Å²) in [6, 6.07) is 0. The van der Waals surface area contributed by atoms with Gasteiger partial charge in [-0.2, -0.15) is 0 Å². The lowest BCUT2D eigenvalue weighted by Crippen LogP contribution is -2.50. The number of halogens is 1. The van der Waals surface area contributed by atoms with Crippen molar-refractivity contribution in [2.24, 2.45) is 0 Å². The molecule has 0 bridgehead atoms. The number of hydrogen-bond donors (Lipinski definition) is 3. The van der Waals surface area contributed by atoms with Crippen molar-refractivity contribution >= 4 is 11.6 Å². The zero-order valence-corrected chi connectivity index (χ0v) is 5.90. The molecule has 0 radical (unpaired) electrons. The number of rotatable bonds is 0. The molecule has 0 amide bonds. The van der Waals surface area contributed by atoms with Gasteiger partial charge in [0.05, 0.1) is 6.61 Å². The first-order chi connectivity index (χ1) is 4.63. The van der Waals surface area contributed by atoms with Crippen molar-refractivity contribution in [1.82, 2.24) is 0 Å². The van der Waals surface area contributed by atoms with Gasteiger partial charge in [-0.15, -0.1) is 0 Å². The van der Waals surface area contributed by atoms with Crippen molar-refractivity contribution in [2.75, 3.05) is 6.61 Å². The van der Waals surface area contributed by atoms with E-state index in [1.165, 1.54) is 0 Å². The Morgan fingerprint density at radius 3 is 2.30 bits per heavy atom. The smallest absolute Gasteiger partial charge is 0.159 e. The predicted octanol–water partition coefficient (Wildman–Crippen LogP) is -1.34. The summed E-state index contributed by atoms with van der Waals surface area (Å²) in [7, 11) is 0. The van der Waals surface area contributed by atoms with Crippen LogP contribution in [0, 0.1) is 0 Å². The van der Waals surface area contributed by atoms with Gasteiger partial charge >= 0.3 is 0 Å². The number of hydrogen-bond acceptors (Lipinski definition) is 4. The topological polar surface area (TPSA) is 69.9 Å². The predicted molar refractivity (Wildman–Crippen MR) is 33.6 cm³/mol. The van der Waals surface area contributed by atoms with Crippen LogP contribution in [-0.4, -0.2) is 45.8 Å². The van der Waals surface area contributed by atoms with Crippen molar-refractivity contribution in [3.05, 3.63) is 0 Å². The maximum absolute atomic E-state index is 8.95. The highest BCUT2D eigenvalue weighted by Gasteiger charge is 2.36. The molecule has 60 valence electrons. The molecule has 5 heteroatoms. The van der Waals surface area contributed by atoms with Crippen LogP contribution in [0.5, 0.6) is 0 Å². The molecule has 0 aliphatic carbocycles. The first kappa shape index (κ1) is 8.23. The summed E-state index contributed by atoms with van der Waals surface area (Å²) >= 11 is 5.38. The van der Waals surface area contributed by atoms with E-state index in [0.717, 1.165) is 0 Å². The van der Waals surface area contributed by atoms with Gasteiger partial charge in [-0.05, 0) is 0 Å². The average molecular weight is 169 g/mol. The van der Waals surface area contributed by atoms with Gasteiger partial charge in [0.1, 0.15) is 18.3 Å². The molecule has 1 fully saturated rings. The highest BCUT2D eigenvalue weighted by Crippen LogP contribution is 2.17. The van der Waals surface area contributed by atoms with Crippen LogP contribution in [0.2, 0.25) is 0 Å². The van der Waals surface area contributed by atoms with Crippen LogP contribution in [0.15, 0.2) is 0 Å². The van der Waals surface area contributed by atoms with E-state index in [2.05, 4.69) is 4.74 Å². The summed E-state index contributed by atoms with van der Waals surface area (Å²) in [5.74, 6) is 0. The number of alkyl halides is 1. The Hall–Kier alpha value is 0.130. The fraction of sp³-hybridized carbons (Fsp3) is 1.00. The zero-order valence-electron chi connectivity index (χ0n) is 5.14. The largest absolute Gasteiger partial charge is 0.388 e. The summed E-state index contributed by atoms with van der Waals surface area (Å²) in [4.78, 5) is 0. The van der Waals surface area contributed by atoms with Gasteiger partial charge in [-0.25, -0.2) is 0 Å². The maximum Gasteiger partial charge on any atom is 0.159 e. The van der Waals surface area contributed by atoms with Crippen LogP contribution in [0.25, 0.3) is 0 Å². The molecule has 0 saturated carbocycles. The SMILES string of the molecule is O[C@H]1[C@H](O)COC(Cl)[C@H]1O. The van der Waals surface area contributed by atoms with E-state index in [-0.39, 0.29) is 6.61 Å². The molecule has 1 saturated heterocycles. The number of aliphatic hydroxyl groups excluding tert-OH is 3. The Balaban J connectivity index is 2.52. The summed E-state index contributed by atoms with van der Waals surface area (Å²) < 4.78 is 4.68. The zero-order chi connectivity index (χ0) is 7.72. The Bertz CT molecular complexity index is 106. The first-order valence-electron chi connectivity index (χ1n) is 2.93. The highest BCUT2D eigenvalue weighted by molar-refractivity contribution is 6.20. The Kier molecular flexibility index (Phi) is 2.49. The minimum atomic E-state index is -1.20. The average Bonchev–Trinajstić information content (AvgIpc) is 1.93. The lowest BCUT2D eigenvalue weighted by Gasteiger charge is -2.31. The van der Waals surface area contributed by atoms with E-state index in [1.807, 2.05) is 0 Å². The van der Waals surface area contributed by atoms with Gasteiger partial charge in [-0.3, -0.25) is 0 Å². The molecule has 1 unspecified atom stereocenters. The van der Waals surface area contributed by atoms with Crippen molar-refractivity contribution in [2.45, 2.75) is 23.9 Å². The van der Waals surface area contributed by atoms with Crippen LogP contribution in [0.4, 0.5) is 0 Å².